The van der Waals surface area contributed by atoms with Gasteiger partial charge in [-0.05, 0) is 35.5 Å². The smallest absolute Gasteiger partial charge is 0.286 e. The number of amides is 1. The van der Waals surface area contributed by atoms with Crippen LogP contribution in [0.25, 0.3) is 6.08 Å². The second-order valence-electron chi connectivity index (χ2n) is 3.48. The number of aliphatic imine (C=N–C) groups is 1. The largest absolute Gasteiger partial charge is 0.378 e. The average molecular weight is 283 g/mol. The Morgan fingerprint density at radius 1 is 1.22 bits per heavy atom. The Morgan fingerprint density at radius 3 is 2.28 bits per heavy atom. The van der Waals surface area contributed by atoms with E-state index in [4.69, 9.17) is 10.9 Å². The maximum Gasteiger partial charge on any atom is 0.286 e. The van der Waals surface area contributed by atoms with Crippen molar-refractivity contribution in [2.45, 2.75) is 4.90 Å². The highest BCUT2D eigenvalue weighted by Crippen LogP contribution is 2.26. The molecule has 0 aromatic heterocycles. The van der Waals surface area contributed by atoms with Gasteiger partial charge < -0.3 is 5.73 Å². The normalized spacial score (nSPS) is 18.2. The summed E-state index contributed by atoms with van der Waals surface area (Å²) in [6, 6.07) is 5.84. The molecule has 0 radical (unpaired) electrons. The number of carbonyl (C=O) groups is 1. The zero-order valence-corrected chi connectivity index (χ0v) is 10.7. The zero-order chi connectivity index (χ0) is 13.3. The van der Waals surface area contributed by atoms with Crippen LogP contribution in [0.5, 0.6) is 0 Å². The van der Waals surface area contributed by atoms with Crippen molar-refractivity contribution in [2.24, 2.45) is 15.9 Å². The van der Waals surface area contributed by atoms with E-state index in [9.17, 15) is 13.2 Å². The van der Waals surface area contributed by atoms with Crippen molar-refractivity contribution in [2.75, 3.05) is 0 Å². The molecule has 4 N–H and O–H groups in total. The second-order valence-corrected chi connectivity index (χ2v) is 6.10. The van der Waals surface area contributed by atoms with Crippen LogP contribution in [-0.4, -0.2) is 19.5 Å². The number of benzene rings is 1. The van der Waals surface area contributed by atoms with Gasteiger partial charge >= 0.3 is 0 Å². The first-order chi connectivity index (χ1) is 8.36. The third-order valence-corrected chi connectivity index (χ3v) is 3.89. The SMILES string of the molecule is NC1=NC(=O)/C(=C\c2ccc(S(N)(=O)=O)cc2)S1. The monoisotopic (exact) mass is 283 g/mol. The van der Waals surface area contributed by atoms with Crippen LogP contribution in [0.15, 0.2) is 39.1 Å². The van der Waals surface area contributed by atoms with Gasteiger partial charge in [-0.3, -0.25) is 4.79 Å². The molecule has 1 aromatic carbocycles. The van der Waals surface area contributed by atoms with Gasteiger partial charge in [-0.2, -0.15) is 4.99 Å². The molecule has 0 spiro atoms. The van der Waals surface area contributed by atoms with Gasteiger partial charge in [-0.25, -0.2) is 13.6 Å². The van der Waals surface area contributed by atoms with Crippen LogP contribution in [0, 0.1) is 0 Å². The average Bonchev–Trinajstić information content (AvgIpc) is 2.57. The molecule has 1 amide bonds. The predicted molar refractivity (Wildman–Crippen MR) is 70.0 cm³/mol. The molecule has 18 heavy (non-hydrogen) atoms. The molecule has 0 aliphatic carbocycles. The lowest BCUT2D eigenvalue weighted by Crippen LogP contribution is -2.11. The van der Waals surface area contributed by atoms with E-state index in [0.29, 0.717) is 10.5 Å². The summed E-state index contributed by atoms with van der Waals surface area (Å²) in [4.78, 5) is 15.3. The number of thioether (sulfide) groups is 1. The van der Waals surface area contributed by atoms with Crippen LogP contribution >= 0.6 is 11.8 Å². The molecule has 1 aromatic rings. The third kappa shape index (κ3) is 2.78. The summed E-state index contributed by atoms with van der Waals surface area (Å²) in [5, 5.41) is 5.18. The predicted octanol–water partition coefficient (Wildman–Crippen LogP) is 0.263. The third-order valence-electron chi connectivity index (χ3n) is 2.14. The van der Waals surface area contributed by atoms with Crippen molar-refractivity contribution < 1.29 is 13.2 Å². The highest BCUT2D eigenvalue weighted by molar-refractivity contribution is 8.18. The van der Waals surface area contributed by atoms with E-state index in [1.807, 2.05) is 0 Å². The van der Waals surface area contributed by atoms with Gasteiger partial charge in [0.05, 0.1) is 9.80 Å². The first kappa shape index (κ1) is 12.8. The van der Waals surface area contributed by atoms with Crippen LogP contribution in [0.1, 0.15) is 5.56 Å². The minimum Gasteiger partial charge on any atom is -0.378 e. The maximum atomic E-state index is 11.3. The number of hydrogen-bond donors (Lipinski definition) is 2. The maximum absolute atomic E-state index is 11.3. The first-order valence-corrected chi connectivity index (χ1v) is 7.13. The first-order valence-electron chi connectivity index (χ1n) is 4.77. The number of nitrogens with zero attached hydrogens (tertiary/aromatic N) is 1. The molecule has 0 saturated heterocycles. The van der Waals surface area contributed by atoms with E-state index in [-0.39, 0.29) is 10.1 Å². The Hall–Kier alpha value is -1.64. The Balaban J connectivity index is 2.27. The van der Waals surface area contributed by atoms with Crippen molar-refractivity contribution in [1.82, 2.24) is 0 Å². The molecule has 8 heteroatoms. The fourth-order valence-corrected chi connectivity index (χ4v) is 2.53. The Morgan fingerprint density at radius 2 is 1.83 bits per heavy atom. The summed E-state index contributed by atoms with van der Waals surface area (Å²) >= 11 is 1.07. The second kappa shape index (κ2) is 4.56. The summed E-state index contributed by atoms with van der Waals surface area (Å²) in [5.41, 5.74) is 6.08. The van der Waals surface area contributed by atoms with Crippen molar-refractivity contribution in [3.63, 3.8) is 0 Å². The molecule has 0 fully saturated rings. The van der Waals surface area contributed by atoms with Gasteiger partial charge in [0, 0.05) is 0 Å². The summed E-state index contributed by atoms with van der Waals surface area (Å²) < 4.78 is 22.1. The van der Waals surface area contributed by atoms with Gasteiger partial charge in [0.15, 0.2) is 5.17 Å². The van der Waals surface area contributed by atoms with E-state index in [0.717, 1.165) is 11.8 Å². The summed E-state index contributed by atoms with van der Waals surface area (Å²) in [6.45, 7) is 0. The fraction of sp³-hybridized carbons (Fsp3) is 0. The van der Waals surface area contributed by atoms with Gasteiger partial charge in [0.1, 0.15) is 0 Å². The van der Waals surface area contributed by atoms with Crippen LogP contribution in [0.4, 0.5) is 0 Å². The van der Waals surface area contributed by atoms with E-state index < -0.39 is 15.9 Å². The van der Waals surface area contributed by atoms with E-state index in [1.54, 1.807) is 18.2 Å². The topological polar surface area (TPSA) is 116 Å². The van der Waals surface area contributed by atoms with Crippen LogP contribution in [0.3, 0.4) is 0 Å². The lowest BCUT2D eigenvalue weighted by Gasteiger charge is -1.99. The molecule has 6 nitrogen and oxygen atoms in total. The van der Waals surface area contributed by atoms with Gasteiger partial charge in [-0.15, -0.1) is 0 Å². The quantitative estimate of drug-likeness (QED) is 0.755. The van der Waals surface area contributed by atoms with Crippen LogP contribution < -0.4 is 10.9 Å². The van der Waals surface area contributed by atoms with E-state index >= 15 is 0 Å². The molecule has 94 valence electrons. The minimum absolute atomic E-state index is 0.0193. The number of rotatable bonds is 2. The Kier molecular flexibility index (Phi) is 3.24. The van der Waals surface area contributed by atoms with E-state index in [2.05, 4.69) is 4.99 Å². The van der Waals surface area contributed by atoms with Crippen molar-refractivity contribution in [3.8, 4) is 0 Å². The van der Waals surface area contributed by atoms with Gasteiger partial charge in [0.25, 0.3) is 5.91 Å². The lowest BCUT2D eigenvalue weighted by atomic mass is 10.2. The Labute approximate surface area is 108 Å². The molecule has 0 bridgehead atoms. The number of amidine groups is 1. The molecule has 0 saturated carbocycles. The van der Waals surface area contributed by atoms with Gasteiger partial charge in [0.2, 0.25) is 10.0 Å². The van der Waals surface area contributed by atoms with Crippen LogP contribution in [0.2, 0.25) is 0 Å². The molecule has 0 unspecified atom stereocenters. The molecular formula is C10H9N3O3S2. The molecule has 1 aliphatic rings. The number of nitrogens with two attached hydrogens (primary N) is 2. The lowest BCUT2D eigenvalue weighted by molar-refractivity contribution is -0.113. The highest BCUT2D eigenvalue weighted by Gasteiger charge is 2.19. The van der Waals surface area contributed by atoms with Crippen molar-refractivity contribution in [1.29, 1.82) is 0 Å². The summed E-state index contributed by atoms with van der Waals surface area (Å²) in [6.07, 6.45) is 1.59. The highest BCUT2D eigenvalue weighted by atomic mass is 32.2. The molecule has 0 atom stereocenters. The molecule has 1 heterocycles. The fourth-order valence-electron chi connectivity index (χ4n) is 1.33. The molecule has 1 aliphatic heterocycles. The minimum atomic E-state index is -3.70. The zero-order valence-electron chi connectivity index (χ0n) is 9.03. The summed E-state index contributed by atoms with van der Waals surface area (Å²) in [5.74, 6) is -0.395. The van der Waals surface area contributed by atoms with Gasteiger partial charge in [-0.1, -0.05) is 12.1 Å². The number of primary sulfonamides is 1. The van der Waals surface area contributed by atoms with Crippen LogP contribution in [-0.2, 0) is 14.8 Å². The molecular weight excluding hydrogens is 274 g/mol. The summed E-state index contributed by atoms with van der Waals surface area (Å²) in [7, 11) is -3.70. The number of hydrogen-bond acceptors (Lipinski definition) is 5. The van der Waals surface area contributed by atoms with E-state index in [1.165, 1.54) is 12.1 Å². The Bertz CT molecular complexity index is 660. The van der Waals surface area contributed by atoms with Crippen molar-refractivity contribution >= 4 is 38.9 Å². The standard InChI is InChI=1S/C10H9N3O3S2/c11-10-13-9(14)8(17-10)5-6-1-3-7(4-2-6)18(12,15)16/h1-5H,(H2,11,13,14)(H2,12,15,16)/b8-5+. The number of carbonyl (C=O) groups excluding carboxylic acids is 1. The number of sulfonamides is 1. The van der Waals surface area contributed by atoms with Crippen molar-refractivity contribution in [3.05, 3.63) is 34.7 Å². The molecule has 2 rings (SSSR count).